The summed E-state index contributed by atoms with van der Waals surface area (Å²) in [7, 11) is 0. The van der Waals surface area contributed by atoms with Crippen LogP contribution in [0.15, 0.2) is 26.8 Å². The zero-order valence-corrected chi connectivity index (χ0v) is 21.7. The summed E-state index contributed by atoms with van der Waals surface area (Å²) in [4.78, 5) is 5.21. The fraction of sp³-hybridized carbons (Fsp3) is 0.591. The van der Waals surface area contributed by atoms with Gasteiger partial charge in [-0.05, 0) is 83.0 Å². The Hall–Kier alpha value is -0.720. The molecule has 1 aromatic rings. The SMILES string of the molecule is CC(C)=NOCCCCCCCOc1c(Cl)cc(OCC=C(Br)Br)cc1C(C)C. The molecule has 29 heavy (non-hydrogen) atoms. The summed E-state index contributed by atoms with van der Waals surface area (Å²) in [5.74, 6) is 1.81. The van der Waals surface area contributed by atoms with Crippen molar-refractivity contribution in [1.29, 1.82) is 0 Å². The van der Waals surface area contributed by atoms with Crippen molar-refractivity contribution in [3.8, 4) is 11.5 Å². The third-order valence-corrected chi connectivity index (χ3v) is 4.96. The molecule has 0 aliphatic rings. The van der Waals surface area contributed by atoms with Crippen LogP contribution in [0.2, 0.25) is 5.02 Å². The van der Waals surface area contributed by atoms with Gasteiger partial charge in [0.1, 0.15) is 24.7 Å². The van der Waals surface area contributed by atoms with Crippen LogP contribution in [0.25, 0.3) is 0 Å². The number of hydrogen-bond acceptors (Lipinski definition) is 4. The van der Waals surface area contributed by atoms with Crippen LogP contribution in [0.4, 0.5) is 0 Å². The molecule has 0 atom stereocenters. The average molecular weight is 554 g/mol. The van der Waals surface area contributed by atoms with Gasteiger partial charge in [-0.15, -0.1) is 0 Å². The minimum atomic E-state index is 0.291. The van der Waals surface area contributed by atoms with Gasteiger partial charge in [0.25, 0.3) is 0 Å². The van der Waals surface area contributed by atoms with Crippen LogP contribution < -0.4 is 9.47 Å². The second-order valence-electron chi connectivity index (χ2n) is 7.27. The highest BCUT2D eigenvalue weighted by Gasteiger charge is 2.15. The minimum absolute atomic E-state index is 0.291. The van der Waals surface area contributed by atoms with Crippen molar-refractivity contribution < 1.29 is 14.3 Å². The molecule has 0 saturated heterocycles. The molecule has 0 radical (unpaired) electrons. The maximum absolute atomic E-state index is 6.49. The van der Waals surface area contributed by atoms with Gasteiger partial charge < -0.3 is 14.3 Å². The molecule has 0 amide bonds. The normalized spacial score (nSPS) is 10.6. The van der Waals surface area contributed by atoms with Crippen LogP contribution in [0, 0.1) is 0 Å². The van der Waals surface area contributed by atoms with Crippen molar-refractivity contribution in [2.75, 3.05) is 19.8 Å². The number of benzene rings is 1. The molecule has 164 valence electrons. The second-order valence-corrected chi connectivity index (χ2v) is 10.5. The Labute approximate surface area is 197 Å². The quantitative estimate of drug-likeness (QED) is 0.132. The van der Waals surface area contributed by atoms with Crippen molar-refractivity contribution in [1.82, 2.24) is 0 Å². The molecule has 0 heterocycles. The average Bonchev–Trinajstić information content (AvgIpc) is 2.63. The van der Waals surface area contributed by atoms with Crippen molar-refractivity contribution in [2.45, 2.75) is 65.7 Å². The Balaban J connectivity index is 2.42. The molecule has 0 aliphatic heterocycles. The Morgan fingerprint density at radius 1 is 1.03 bits per heavy atom. The molecule has 4 nitrogen and oxygen atoms in total. The summed E-state index contributed by atoms with van der Waals surface area (Å²) >= 11 is 13.1. The lowest BCUT2D eigenvalue weighted by Crippen LogP contribution is -2.04. The molecule has 0 N–H and O–H groups in total. The lowest BCUT2D eigenvalue weighted by atomic mass is 10.0. The van der Waals surface area contributed by atoms with Crippen molar-refractivity contribution in [2.24, 2.45) is 5.16 Å². The monoisotopic (exact) mass is 551 g/mol. The first-order valence-electron chi connectivity index (χ1n) is 10.0. The summed E-state index contributed by atoms with van der Waals surface area (Å²) in [6, 6.07) is 3.83. The van der Waals surface area contributed by atoms with E-state index in [1.54, 1.807) is 0 Å². The molecule has 0 saturated carbocycles. The first kappa shape index (κ1) is 26.3. The highest BCUT2D eigenvalue weighted by atomic mass is 79.9. The number of rotatable bonds is 14. The van der Waals surface area contributed by atoms with E-state index in [2.05, 4.69) is 50.9 Å². The zero-order chi connectivity index (χ0) is 21.6. The lowest BCUT2D eigenvalue weighted by molar-refractivity contribution is 0.139. The summed E-state index contributed by atoms with van der Waals surface area (Å²) in [6.45, 7) is 9.92. The standard InChI is InChI=1S/C22H32Br2ClNO3/c1-16(2)19-14-18(27-13-10-21(23)24)15-20(25)22(19)28-11-8-6-5-7-9-12-29-26-17(3)4/h10,14-16H,5-9,11-13H2,1-4H3. The topological polar surface area (TPSA) is 40.0 Å². The van der Waals surface area contributed by atoms with Gasteiger partial charge in [-0.2, -0.15) is 0 Å². The fourth-order valence-electron chi connectivity index (χ4n) is 2.60. The zero-order valence-electron chi connectivity index (χ0n) is 17.8. The van der Waals surface area contributed by atoms with Crippen molar-refractivity contribution in [3.05, 3.63) is 32.2 Å². The molecule has 1 aromatic carbocycles. The molecule has 0 aromatic heterocycles. The van der Waals surface area contributed by atoms with E-state index in [4.69, 9.17) is 25.9 Å². The van der Waals surface area contributed by atoms with Crippen molar-refractivity contribution >= 4 is 49.2 Å². The van der Waals surface area contributed by atoms with Crippen molar-refractivity contribution in [3.63, 3.8) is 0 Å². The van der Waals surface area contributed by atoms with Gasteiger partial charge in [-0.25, -0.2) is 0 Å². The van der Waals surface area contributed by atoms with E-state index in [0.29, 0.717) is 30.8 Å². The second kappa shape index (κ2) is 15.1. The van der Waals surface area contributed by atoms with Crippen LogP contribution in [-0.2, 0) is 4.84 Å². The number of hydrogen-bond donors (Lipinski definition) is 0. The molecule has 0 spiro atoms. The smallest absolute Gasteiger partial charge is 0.141 e. The van der Waals surface area contributed by atoms with Crippen LogP contribution >= 0.6 is 43.5 Å². The van der Waals surface area contributed by atoms with Crippen LogP contribution in [-0.4, -0.2) is 25.5 Å². The van der Waals surface area contributed by atoms with Gasteiger partial charge >= 0.3 is 0 Å². The Morgan fingerprint density at radius 3 is 2.31 bits per heavy atom. The van der Waals surface area contributed by atoms with Gasteiger partial charge in [0, 0.05) is 11.6 Å². The van der Waals surface area contributed by atoms with E-state index >= 15 is 0 Å². The molecule has 0 fully saturated rings. The summed E-state index contributed by atoms with van der Waals surface area (Å²) in [5.41, 5.74) is 2.02. The molecular formula is C22H32Br2ClNO3. The number of halogens is 3. The van der Waals surface area contributed by atoms with Crippen LogP contribution in [0.5, 0.6) is 11.5 Å². The van der Waals surface area contributed by atoms with Gasteiger partial charge in [0.05, 0.1) is 20.7 Å². The molecular weight excluding hydrogens is 522 g/mol. The molecule has 7 heteroatoms. The molecule has 0 aliphatic carbocycles. The Morgan fingerprint density at radius 2 is 1.69 bits per heavy atom. The Kier molecular flexibility index (Phi) is 13.7. The van der Waals surface area contributed by atoms with E-state index in [1.165, 1.54) is 0 Å². The van der Waals surface area contributed by atoms with E-state index in [1.807, 2.05) is 32.1 Å². The number of oxime groups is 1. The summed E-state index contributed by atoms with van der Waals surface area (Å²) in [6.07, 6.45) is 7.35. The lowest BCUT2D eigenvalue weighted by Gasteiger charge is -2.17. The van der Waals surface area contributed by atoms with Crippen LogP contribution in [0.3, 0.4) is 0 Å². The highest BCUT2D eigenvalue weighted by Crippen LogP contribution is 2.37. The van der Waals surface area contributed by atoms with Gasteiger partial charge in [-0.1, -0.05) is 43.4 Å². The number of ether oxygens (including phenoxy) is 2. The summed E-state index contributed by atoms with van der Waals surface area (Å²) in [5, 5.41) is 4.53. The van der Waals surface area contributed by atoms with Gasteiger partial charge in [0.15, 0.2) is 0 Å². The maximum Gasteiger partial charge on any atom is 0.141 e. The summed E-state index contributed by atoms with van der Waals surface area (Å²) < 4.78 is 12.7. The minimum Gasteiger partial charge on any atom is -0.492 e. The molecule has 0 unspecified atom stereocenters. The van der Waals surface area contributed by atoms with Gasteiger partial charge in [-0.3, -0.25) is 0 Å². The predicted molar refractivity (Wildman–Crippen MR) is 130 cm³/mol. The van der Waals surface area contributed by atoms with Gasteiger partial charge in [0.2, 0.25) is 0 Å². The molecule has 1 rings (SSSR count). The first-order valence-corrected chi connectivity index (χ1v) is 12.0. The third kappa shape index (κ3) is 11.9. The van der Waals surface area contributed by atoms with E-state index in [-0.39, 0.29) is 0 Å². The van der Waals surface area contributed by atoms with Crippen LogP contribution in [0.1, 0.15) is 71.3 Å². The van der Waals surface area contributed by atoms with E-state index in [0.717, 1.165) is 58.3 Å². The fourth-order valence-corrected chi connectivity index (χ4v) is 3.14. The first-order chi connectivity index (χ1) is 13.8. The largest absolute Gasteiger partial charge is 0.492 e. The molecule has 0 bridgehead atoms. The Bertz CT molecular complexity index is 670. The highest BCUT2D eigenvalue weighted by molar-refractivity contribution is 9.28. The third-order valence-electron chi connectivity index (χ3n) is 4.03. The van der Waals surface area contributed by atoms with E-state index in [9.17, 15) is 0 Å². The number of nitrogens with zero attached hydrogens (tertiary/aromatic N) is 1. The predicted octanol–water partition coefficient (Wildman–Crippen LogP) is 8.22. The van der Waals surface area contributed by atoms with E-state index < -0.39 is 0 Å². The maximum atomic E-state index is 6.49. The number of unbranched alkanes of at least 4 members (excludes halogenated alkanes) is 4.